The van der Waals surface area contributed by atoms with Crippen LogP contribution in [0.15, 0.2) is 24.3 Å². The number of hydrogen-bond donors (Lipinski definition) is 6. The predicted octanol–water partition coefficient (Wildman–Crippen LogP) is 0.131. The SMILES string of the molecule is C#C.Nc1ccc(CC(NC(=O)N[C@@H](CCC(=O)O)C(=O)O)C(=O)O)cc1. The fraction of sp³-hybridized carbons (Fsp3) is 0.294. The van der Waals surface area contributed by atoms with Crippen molar-refractivity contribution in [1.82, 2.24) is 10.6 Å². The molecule has 0 saturated heterocycles. The number of nitrogens with two attached hydrogens (primary N) is 1. The van der Waals surface area contributed by atoms with Gasteiger partial charge in [0, 0.05) is 18.5 Å². The standard InChI is InChI=1S/C15H19N3O7.C2H2/c16-9-3-1-8(2-4-9)7-11(14(23)24)18-15(25)17-10(13(21)22)5-6-12(19)20;1-2/h1-4,10-11H,5-7,16H2,(H,19,20)(H,21,22)(H,23,24)(H2,17,18,25);1-2H/t10-,11?;/m0./s1. The molecule has 1 rings (SSSR count). The second-order valence-corrected chi connectivity index (χ2v) is 5.28. The van der Waals surface area contributed by atoms with E-state index in [4.69, 9.17) is 15.9 Å². The number of terminal acetylenes is 1. The van der Waals surface area contributed by atoms with E-state index < -0.39 is 42.4 Å². The van der Waals surface area contributed by atoms with E-state index in [1.54, 1.807) is 24.3 Å². The minimum Gasteiger partial charge on any atom is -0.481 e. The summed E-state index contributed by atoms with van der Waals surface area (Å²) in [5, 5.41) is 31.0. The van der Waals surface area contributed by atoms with Crippen molar-refractivity contribution in [1.29, 1.82) is 0 Å². The fourth-order valence-electron chi connectivity index (χ4n) is 1.97. The average molecular weight is 379 g/mol. The molecular weight excluding hydrogens is 358 g/mol. The van der Waals surface area contributed by atoms with Crippen molar-refractivity contribution >= 4 is 29.6 Å². The minimum absolute atomic E-state index is 0.0318. The molecule has 1 aromatic carbocycles. The molecule has 0 saturated carbocycles. The third-order valence-electron chi connectivity index (χ3n) is 3.27. The van der Waals surface area contributed by atoms with Crippen LogP contribution in [0.25, 0.3) is 0 Å². The Labute approximate surface area is 155 Å². The van der Waals surface area contributed by atoms with Gasteiger partial charge in [0.15, 0.2) is 0 Å². The Bertz CT molecular complexity index is 686. The highest BCUT2D eigenvalue weighted by Crippen LogP contribution is 2.08. The molecule has 0 spiro atoms. The summed E-state index contributed by atoms with van der Waals surface area (Å²) < 4.78 is 0. The van der Waals surface area contributed by atoms with E-state index in [9.17, 15) is 24.3 Å². The first kappa shape index (κ1) is 23.3. The Morgan fingerprint density at radius 1 is 0.926 bits per heavy atom. The van der Waals surface area contributed by atoms with Crippen LogP contribution >= 0.6 is 0 Å². The largest absolute Gasteiger partial charge is 0.481 e. The van der Waals surface area contributed by atoms with Crippen LogP contribution in [0, 0.1) is 12.8 Å². The van der Waals surface area contributed by atoms with Gasteiger partial charge in [0.25, 0.3) is 0 Å². The summed E-state index contributed by atoms with van der Waals surface area (Å²) >= 11 is 0. The molecule has 0 aliphatic rings. The Balaban J connectivity index is 0.00000326. The second kappa shape index (κ2) is 11.8. The lowest BCUT2D eigenvalue weighted by molar-refractivity contribution is -0.140. The molecule has 0 aliphatic carbocycles. The first-order valence-electron chi connectivity index (χ1n) is 7.61. The Kier molecular flexibility index (Phi) is 10.1. The summed E-state index contributed by atoms with van der Waals surface area (Å²) in [6.07, 6.45) is 7.19. The highest BCUT2D eigenvalue weighted by Gasteiger charge is 2.25. The molecular formula is C17H21N3O7. The molecule has 10 nitrogen and oxygen atoms in total. The zero-order valence-corrected chi connectivity index (χ0v) is 14.3. The maximum Gasteiger partial charge on any atom is 0.326 e. The summed E-state index contributed by atoms with van der Waals surface area (Å²) in [7, 11) is 0. The van der Waals surface area contributed by atoms with E-state index in [0.717, 1.165) is 0 Å². The van der Waals surface area contributed by atoms with Crippen LogP contribution < -0.4 is 16.4 Å². The molecule has 0 fully saturated rings. The van der Waals surface area contributed by atoms with Crippen molar-refractivity contribution in [2.75, 3.05) is 5.73 Å². The quantitative estimate of drug-likeness (QED) is 0.259. The van der Waals surface area contributed by atoms with Crippen LogP contribution in [-0.4, -0.2) is 51.3 Å². The van der Waals surface area contributed by atoms with Gasteiger partial charge in [0.1, 0.15) is 12.1 Å². The molecule has 0 heterocycles. The van der Waals surface area contributed by atoms with Crippen molar-refractivity contribution in [3.63, 3.8) is 0 Å². The number of benzene rings is 1. The van der Waals surface area contributed by atoms with Gasteiger partial charge in [-0.25, -0.2) is 14.4 Å². The number of rotatable bonds is 9. The molecule has 0 aliphatic heterocycles. The van der Waals surface area contributed by atoms with Crippen molar-refractivity contribution in [3.8, 4) is 12.8 Å². The average Bonchev–Trinajstić information content (AvgIpc) is 2.61. The molecule has 2 atom stereocenters. The van der Waals surface area contributed by atoms with Crippen molar-refractivity contribution in [2.45, 2.75) is 31.3 Å². The molecule has 27 heavy (non-hydrogen) atoms. The van der Waals surface area contributed by atoms with Crippen LogP contribution in [0.1, 0.15) is 18.4 Å². The van der Waals surface area contributed by atoms with E-state index in [0.29, 0.717) is 11.3 Å². The first-order valence-corrected chi connectivity index (χ1v) is 7.61. The third-order valence-corrected chi connectivity index (χ3v) is 3.27. The zero-order chi connectivity index (χ0) is 21.0. The summed E-state index contributed by atoms with van der Waals surface area (Å²) in [5.41, 5.74) is 6.65. The number of carbonyl (C=O) groups is 4. The van der Waals surface area contributed by atoms with Gasteiger partial charge >= 0.3 is 23.9 Å². The van der Waals surface area contributed by atoms with Gasteiger partial charge in [-0.05, 0) is 24.1 Å². The maximum absolute atomic E-state index is 11.8. The lowest BCUT2D eigenvalue weighted by Gasteiger charge is -2.18. The lowest BCUT2D eigenvalue weighted by Crippen LogP contribution is -2.51. The normalized spacial score (nSPS) is 11.8. The number of carboxylic acid groups (broad SMARTS) is 3. The Morgan fingerprint density at radius 3 is 1.85 bits per heavy atom. The Hall–Kier alpha value is -3.74. The van der Waals surface area contributed by atoms with Gasteiger partial charge in [-0.1, -0.05) is 12.1 Å². The summed E-state index contributed by atoms with van der Waals surface area (Å²) in [5.74, 6) is -3.92. The van der Waals surface area contributed by atoms with Crippen LogP contribution in [0.3, 0.4) is 0 Å². The van der Waals surface area contributed by atoms with Gasteiger partial charge in [-0.15, -0.1) is 12.8 Å². The number of hydrogen-bond acceptors (Lipinski definition) is 5. The number of amides is 2. The topological polar surface area (TPSA) is 179 Å². The first-order chi connectivity index (χ1) is 12.7. The van der Waals surface area contributed by atoms with Crippen molar-refractivity contribution in [2.24, 2.45) is 0 Å². The van der Waals surface area contributed by atoms with Gasteiger partial charge < -0.3 is 31.7 Å². The lowest BCUT2D eigenvalue weighted by atomic mass is 10.1. The zero-order valence-electron chi connectivity index (χ0n) is 14.3. The molecule has 0 aromatic heterocycles. The number of nitrogen functional groups attached to an aromatic ring is 1. The molecule has 1 unspecified atom stereocenters. The van der Waals surface area contributed by atoms with Gasteiger partial charge in [0.05, 0.1) is 0 Å². The van der Waals surface area contributed by atoms with E-state index in [2.05, 4.69) is 23.5 Å². The number of nitrogens with one attached hydrogen (secondary N) is 2. The Morgan fingerprint density at radius 2 is 1.41 bits per heavy atom. The second-order valence-electron chi connectivity index (χ2n) is 5.28. The number of urea groups is 1. The number of aliphatic carboxylic acids is 3. The highest BCUT2D eigenvalue weighted by molar-refractivity contribution is 5.86. The van der Waals surface area contributed by atoms with Crippen LogP contribution in [0.4, 0.5) is 10.5 Å². The molecule has 0 radical (unpaired) electrons. The van der Waals surface area contributed by atoms with Crippen LogP contribution in [-0.2, 0) is 20.8 Å². The van der Waals surface area contributed by atoms with E-state index >= 15 is 0 Å². The molecule has 1 aromatic rings. The van der Waals surface area contributed by atoms with Crippen LogP contribution in [0.5, 0.6) is 0 Å². The summed E-state index contributed by atoms with van der Waals surface area (Å²) in [4.78, 5) is 44.7. The molecule has 10 heteroatoms. The number of anilines is 1. The number of carboxylic acids is 3. The van der Waals surface area contributed by atoms with Crippen molar-refractivity contribution < 1.29 is 34.5 Å². The van der Waals surface area contributed by atoms with Crippen LogP contribution in [0.2, 0.25) is 0 Å². The monoisotopic (exact) mass is 379 g/mol. The molecule has 7 N–H and O–H groups in total. The summed E-state index contributed by atoms with van der Waals surface area (Å²) in [6, 6.07) is 2.64. The van der Waals surface area contributed by atoms with Crippen molar-refractivity contribution in [3.05, 3.63) is 29.8 Å². The molecule has 0 bridgehead atoms. The molecule has 2 amide bonds. The van der Waals surface area contributed by atoms with E-state index in [1.165, 1.54) is 0 Å². The predicted molar refractivity (Wildman–Crippen MR) is 95.8 cm³/mol. The van der Waals surface area contributed by atoms with Gasteiger partial charge in [-0.2, -0.15) is 0 Å². The highest BCUT2D eigenvalue weighted by atomic mass is 16.4. The summed E-state index contributed by atoms with van der Waals surface area (Å²) in [6.45, 7) is 0. The van der Waals surface area contributed by atoms with E-state index in [1.807, 2.05) is 0 Å². The van der Waals surface area contributed by atoms with Gasteiger partial charge in [0.2, 0.25) is 0 Å². The van der Waals surface area contributed by atoms with Gasteiger partial charge in [-0.3, -0.25) is 4.79 Å². The van der Waals surface area contributed by atoms with E-state index in [-0.39, 0.29) is 12.8 Å². The minimum atomic E-state index is -1.44. The smallest absolute Gasteiger partial charge is 0.326 e. The number of carbonyl (C=O) groups excluding carboxylic acids is 1. The molecule has 146 valence electrons. The maximum atomic E-state index is 11.8. The third kappa shape index (κ3) is 9.35. The fourth-order valence-corrected chi connectivity index (χ4v) is 1.97.